The van der Waals surface area contributed by atoms with Crippen LogP contribution in [0.5, 0.6) is 0 Å². The molecular weight excluding hydrogens is 414 g/mol. The molecule has 0 bridgehead atoms. The summed E-state index contributed by atoms with van der Waals surface area (Å²) >= 11 is 0. The van der Waals surface area contributed by atoms with E-state index in [9.17, 15) is 8.42 Å². The second kappa shape index (κ2) is 8.52. The van der Waals surface area contributed by atoms with Gasteiger partial charge in [0, 0.05) is 41.3 Å². The molecule has 0 amide bonds. The van der Waals surface area contributed by atoms with Crippen LogP contribution in [-0.2, 0) is 22.9 Å². The van der Waals surface area contributed by atoms with E-state index in [0.717, 1.165) is 41.3 Å². The minimum Gasteiger partial charge on any atom is -0.361 e. The predicted octanol–water partition coefficient (Wildman–Crippen LogP) is 3.28. The molecule has 8 nitrogen and oxygen atoms in total. The second-order valence-corrected chi connectivity index (χ2v) is 9.64. The molecule has 162 valence electrons. The van der Waals surface area contributed by atoms with Gasteiger partial charge in [0.25, 0.3) is 5.89 Å². The molecule has 0 radical (unpaired) electrons. The van der Waals surface area contributed by atoms with Gasteiger partial charge in [0.15, 0.2) is 5.82 Å². The lowest BCUT2D eigenvalue weighted by Crippen LogP contribution is -2.14. The molecule has 4 aromatic rings. The van der Waals surface area contributed by atoms with Crippen LogP contribution in [0.15, 0.2) is 53.2 Å². The first-order valence-electron chi connectivity index (χ1n) is 9.91. The molecule has 4 rings (SSSR count). The van der Waals surface area contributed by atoms with Gasteiger partial charge in [-0.15, -0.1) is 0 Å². The van der Waals surface area contributed by atoms with Crippen molar-refractivity contribution < 1.29 is 12.9 Å². The zero-order valence-corrected chi connectivity index (χ0v) is 18.5. The fourth-order valence-electron chi connectivity index (χ4n) is 3.39. The number of hydrogen-bond donors (Lipinski definition) is 2. The predicted molar refractivity (Wildman–Crippen MR) is 122 cm³/mol. The highest BCUT2D eigenvalue weighted by Crippen LogP contribution is 2.26. The lowest BCUT2D eigenvalue weighted by atomic mass is 10.1. The van der Waals surface area contributed by atoms with E-state index in [0.29, 0.717) is 23.8 Å². The number of anilines is 1. The van der Waals surface area contributed by atoms with Gasteiger partial charge in [-0.05, 0) is 62.0 Å². The highest BCUT2D eigenvalue weighted by molar-refractivity contribution is 7.92. The molecule has 31 heavy (non-hydrogen) atoms. The number of aromatic amines is 1. The van der Waals surface area contributed by atoms with E-state index in [2.05, 4.69) is 51.1 Å². The van der Waals surface area contributed by atoms with Gasteiger partial charge in [-0.1, -0.05) is 17.3 Å². The molecule has 2 aromatic carbocycles. The third kappa shape index (κ3) is 5.31. The summed E-state index contributed by atoms with van der Waals surface area (Å²) in [5.74, 6) is 1.05. The van der Waals surface area contributed by atoms with E-state index in [4.69, 9.17) is 4.52 Å². The lowest BCUT2D eigenvalue weighted by Gasteiger charge is -2.08. The maximum absolute atomic E-state index is 11.3. The summed E-state index contributed by atoms with van der Waals surface area (Å²) < 4.78 is 30.6. The number of rotatable bonds is 8. The van der Waals surface area contributed by atoms with Crippen molar-refractivity contribution in [2.24, 2.45) is 0 Å². The van der Waals surface area contributed by atoms with Crippen molar-refractivity contribution in [2.75, 3.05) is 31.6 Å². The summed E-state index contributed by atoms with van der Waals surface area (Å²) in [6.07, 6.45) is 4.62. The molecule has 0 fully saturated rings. The smallest absolute Gasteiger partial charge is 0.257 e. The summed E-state index contributed by atoms with van der Waals surface area (Å²) in [5, 5.41) is 5.27. The number of H-pyrrole nitrogens is 1. The molecule has 0 unspecified atom stereocenters. The Bertz CT molecular complexity index is 1290. The van der Waals surface area contributed by atoms with Crippen LogP contribution in [0.4, 0.5) is 5.69 Å². The normalized spacial score (nSPS) is 12.0. The van der Waals surface area contributed by atoms with Crippen LogP contribution in [0.2, 0.25) is 0 Å². The van der Waals surface area contributed by atoms with Crippen LogP contribution in [0.1, 0.15) is 17.0 Å². The van der Waals surface area contributed by atoms with Crippen molar-refractivity contribution in [3.8, 4) is 11.5 Å². The standard InChI is InChI=1S/C22H25N5O3S/c1-27(2)11-10-17-14-23-20-9-6-16(13-19(17)20)22-24-21(25-30-22)12-15-4-7-18(8-5-15)26-31(3,28)29/h4-9,13-14,23,26H,10-12H2,1-3H3. The minimum atomic E-state index is -3.29. The van der Waals surface area contributed by atoms with E-state index in [1.807, 2.05) is 24.3 Å². The van der Waals surface area contributed by atoms with Crippen molar-refractivity contribution in [3.05, 3.63) is 65.6 Å². The number of benzene rings is 2. The summed E-state index contributed by atoms with van der Waals surface area (Å²) in [5.41, 5.74) is 4.70. The van der Waals surface area contributed by atoms with Gasteiger partial charge in [0.1, 0.15) is 0 Å². The Hall–Kier alpha value is -3.17. The van der Waals surface area contributed by atoms with Crippen LogP contribution < -0.4 is 4.72 Å². The first kappa shape index (κ1) is 21.1. The van der Waals surface area contributed by atoms with Gasteiger partial charge in [0.2, 0.25) is 10.0 Å². The molecule has 2 heterocycles. The molecule has 2 N–H and O–H groups in total. The maximum atomic E-state index is 11.3. The molecule has 0 aliphatic heterocycles. The zero-order valence-electron chi connectivity index (χ0n) is 17.7. The molecule has 0 aliphatic carbocycles. The fraction of sp³-hybridized carbons (Fsp3) is 0.273. The molecule has 0 atom stereocenters. The van der Waals surface area contributed by atoms with E-state index in [-0.39, 0.29) is 0 Å². The van der Waals surface area contributed by atoms with Gasteiger partial charge in [-0.3, -0.25) is 4.72 Å². The van der Waals surface area contributed by atoms with E-state index in [1.165, 1.54) is 5.56 Å². The number of fused-ring (bicyclic) bond motifs is 1. The van der Waals surface area contributed by atoms with Crippen molar-refractivity contribution in [3.63, 3.8) is 0 Å². The Morgan fingerprint density at radius 3 is 2.61 bits per heavy atom. The fourth-order valence-corrected chi connectivity index (χ4v) is 3.96. The number of nitrogens with zero attached hydrogens (tertiary/aromatic N) is 3. The number of sulfonamides is 1. The zero-order chi connectivity index (χ0) is 22.0. The van der Waals surface area contributed by atoms with Gasteiger partial charge >= 0.3 is 0 Å². The number of aromatic nitrogens is 3. The third-order valence-electron chi connectivity index (χ3n) is 4.93. The number of nitrogens with one attached hydrogen (secondary N) is 2. The summed E-state index contributed by atoms with van der Waals surface area (Å²) in [7, 11) is 0.838. The molecule has 0 spiro atoms. The van der Waals surface area contributed by atoms with E-state index >= 15 is 0 Å². The van der Waals surface area contributed by atoms with E-state index in [1.54, 1.807) is 12.1 Å². The van der Waals surface area contributed by atoms with Gasteiger partial charge in [0.05, 0.1) is 6.26 Å². The summed E-state index contributed by atoms with van der Waals surface area (Å²) in [6, 6.07) is 13.2. The molecular formula is C22H25N5O3S. The average Bonchev–Trinajstić information content (AvgIpc) is 3.33. The molecule has 0 saturated carbocycles. The molecule has 0 aliphatic rings. The van der Waals surface area contributed by atoms with E-state index < -0.39 is 10.0 Å². The minimum absolute atomic E-state index is 0.479. The highest BCUT2D eigenvalue weighted by Gasteiger charge is 2.12. The lowest BCUT2D eigenvalue weighted by molar-refractivity contribution is 0.414. The SMILES string of the molecule is CN(C)CCc1c[nH]c2ccc(-c3nc(Cc4ccc(NS(C)(=O)=O)cc4)no3)cc12. The molecule has 9 heteroatoms. The Kier molecular flexibility index (Phi) is 5.79. The Morgan fingerprint density at radius 1 is 1.13 bits per heavy atom. The Balaban J connectivity index is 1.50. The average molecular weight is 440 g/mol. The first-order chi connectivity index (χ1) is 14.8. The summed E-state index contributed by atoms with van der Waals surface area (Å²) in [4.78, 5) is 10.0. The Morgan fingerprint density at radius 2 is 1.90 bits per heavy atom. The first-order valence-corrected chi connectivity index (χ1v) is 11.8. The van der Waals surface area contributed by atoms with Crippen molar-refractivity contribution in [1.82, 2.24) is 20.0 Å². The summed E-state index contributed by atoms with van der Waals surface area (Å²) in [6.45, 7) is 0.973. The molecule has 2 aromatic heterocycles. The number of likely N-dealkylation sites (N-methyl/N-ethyl adjacent to an activating group) is 1. The molecule has 0 saturated heterocycles. The largest absolute Gasteiger partial charge is 0.361 e. The Labute approximate surface area is 181 Å². The van der Waals surface area contributed by atoms with Gasteiger partial charge in [-0.25, -0.2) is 8.42 Å². The van der Waals surface area contributed by atoms with Crippen LogP contribution in [0.3, 0.4) is 0 Å². The third-order valence-corrected chi connectivity index (χ3v) is 5.54. The highest BCUT2D eigenvalue weighted by atomic mass is 32.2. The van der Waals surface area contributed by atoms with Crippen molar-refractivity contribution in [1.29, 1.82) is 0 Å². The second-order valence-electron chi connectivity index (χ2n) is 7.89. The quantitative estimate of drug-likeness (QED) is 0.437. The van der Waals surface area contributed by atoms with Crippen molar-refractivity contribution >= 4 is 26.6 Å². The maximum Gasteiger partial charge on any atom is 0.257 e. The van der Waals surface area contributed by atoms with Crippen LogP contribution in [-0.4, -0.2) is 55.3 Å². The van der Waals surface area contributed by atoms with Gasteiger partial charge in [-0.2, -0.15) is 4.98 Å². The van der Waals surface area contributed by atoms with Gasteiger partial charge < -0.3 is 14.4 Å². The monoisotopic (exact) mass is 439 g/mol. The van der Waals surface area contributed by atoms with Crippen LogP contribution >= 0.6 is 0 Å². The van der Waals surface area contributed by atoms with Crippen molar-refractivity contribution in [2.45, 2.75) is 12.8 Å². The number of hydrogen-bond acceptors (Lipinski definition) is 6. The van der Waals surface area contributed by atoms with Crippen LogP contribution in [0, 0.1) is 0 Å². The van der Waals surface area contributed by atoms with Crippen LogP contribution in [0.25, 0.3) is 22.4 Å². The topological polar surface area (TPSA) is 104 Å².